The monoisotopic (exact) mass is 388 g/mol. The predicted octanol–water partition coefficient (Wildman–Crippen LogP) is 2.64. The van der Waals surface area contributed by atoms with Crippen molar-refractivity contribution in [3.05, 3.63) is 39.8 Å². The summed E-state index contributed by atoms with van der Waals surface area (Å²) in [6.45, 7) is 1.87. The van der Waals surface area contributed by atoms with Gasteiger partial charge in [0, 0.05) is 35.9 Å². The molecular formula is C17H17ClN6OS. The lowest BCUT2D eigenvalue weighted by atomic mass is 9.93. The topological polar surface area (TPSA) is 74.6 Å². The second kappa shape index (κ2) is 6.22. The number of thiophene rings is 1. The number of amides is 1. The predicted molar refractivity (Wildman–Crippen MR) is 102 cm³/mol. The first-order valence-electron chi connectivity index (χ1n) is 8.57. The quantitative estimate of drug-likeness (QED) is 0.721. The van der Waals surface area contributed by atoms with E-state index in [4.69, 9.17) is 11.6 Å². The molecule has 7 nitrogen and oxygen atoms in total. The van der Waals surface area contributed by atoms with Crippen molar-refractivity contribution in [3.8, 4) is 0 Å². The van der Waals surface area contributed by atoms with Crippen molar-refractivity contribution in [1.29, 1.82) is 0 Å². The zero-order valence-corrected chi connectivity index (χ0v) is 15.4. The Bertz CT molecular complexity index is 977. The number of hydrogen-bond donors (Lipinski definition) is 2. The average Bonchev–Trinajstić information content (AvgIpc) is 3.28. The van der Waals surface area contributed by atoms with Crippen LogP contribution in [0.15, 0.2) is 29.1 Å². The van der Waals surface area contributed by atoms with Gasteiger partial charge in [-0.15, -0.1) is 16.4 Å². The van der Waals surface area contributed by atoms with Gasteiger partial charge in [0.2, 0.25) is 5.95 Å². The molecule has 2 N–H and O–H groups in total. The largest absolute Gasteiger partial charge is 0.334 e. The Kier molecular flexibility index (Phi) is 3.84. The summed E-state index contributed by atoms with van der Waals surface area (Å²) in [4.78, 5) is 19.5. The number of nitrogens with zero attached hydrogens (tertiary/aromatic N) is 4. The molecule has 0 aromatic carbocycles. The van der Waals surface area contributed by atoms with E-state index < -0.39 is 0 Å². The second-order valence-electron chi connectivity index (χ2n) is 6.69. The highest BCUT2D eigenvalue weighted by Crippen LogP contribution is 2.27. The first-order valence-corrected chi connectivity index (χ1v) is 9.89. The maximum Gasteiger partial charge on any atom is 0.274 e. The smallest absolute Gasteiger partial charge is 0.274 e. The summed E-state index contributed by atoms with van der Waals surface area (Å²) in [5.74, 6) is 0.435. The van der Waals surface area contributed by atoms with E-state index >= 15 is 0 Å². The van der Waals surface area contributed by atoms with Gasteiger partial charge >= 0.3 is 0 Å². The van der Waals surface area contributed by atoms with Crippen molar-refractivity contribution in [2.75, 3.05) is 23.3 Å². The molecule has 3 saturated heterocycles. The van der Waals surface area contributed by atoms with Crippen molar-refractivity contribution >= 4 is 46.0 Å². The maximum atomic E-state index is 12.7. The minimum atomic E-state index is -0.239. The fraction of sp³-hybridized carbons (Fsp3) is 0.353. The van der Waals surface area contributed by atoms with E-state index in [9.17, 15) is 4.79 Å². The third-order valence-corrected chi connectivity index (χ3v) is 6.27. The van der Waals surface area contributed by atoms with Crippen LogP contribution in [0, 0.1) is 0 Å². The molecule has 26 heavy (non-hydrogen) atoms. The van der Waals surface area contributed by atoms with E-state index in [0.717, 1.165) is 25.0 Å². The van der Waals surface area contributed by atoms with E-state index in [1.54, 1.807) is 22.2 Å². The number of carbonyl (C=O) groups excluding carboxylic acids is 1. The van der Waals surface area contributed by atoms with Gasteiger partial charge in [0.05, 0.1) is 22.4 Å². The fourth-order valence-corrected chi connectivity index (χ4v) is 4.66. The molecule has 0 saturated carbocycles. The molecule has 6 heterocycles. The zero-order chi connectivity index (χ0) is 17.7. The molecule has 9 heteroatoms. The van der Waals surface area contributed by atoms with Crippen LogP contribution in [0.3, 0.4) is 0 Å². The molecule has 1 amide bonds. The van der Waals surface area contributed by atoms with Crippen LogP contribution < -0.4 is 15.5 Å². The Morgan fingerprint density at radius 2 is 2.27 bits per heavy atom. The van der Waals surface area contributed by atoms with Crippen LogP contribution in [0.2, 0.25) is 5.02 Å². The van der Waals surface area contributed by atoms with Crippen LogP contribution in [-0.4, -0.2) is 45.7 Å². The van der Waals surface area contributed by atoms with Crippen LogP contribution in [0.1, 0.15) is 23.3 Å². The first-order chi connectivity index (χ1) is 12.7. The molecule has 0 radical (unpaired) electrons. The number of aromatic nitrogens is 3. The molecule has 3 aliphatic rings. The van der Waals surface area contributed by atoms with Gasteiger partial charge in [-0.25, -0.2) is 9.50 Å². The summed E-state index contributed by atoms with van der Waals surface area (Å²) in [5, 5.41) is 15.2. The van der Waals surface area contributed by atoms with E-state index in [0.29, 0.717) is 34.4 Å². The molecule has 134 valence electrons. The van der Waals surface area contributed by atoms with Gasteiger partial charge in [0.25, 0.3) is 5.91 Å². The normalized spacial score (nSPS) is 22.1. The zero-order valence-electron chi connectivity index (χ0n) is 13.9. The van der Waals surface area contributed by atoms with Crippen LogP contribution in [-0.2, 0) is 0 Å². The van der Waals surface area contributed by atoms with E-state index in [2.05, 4.69) is 25.6 Å². The molecule has 3 fully saturated rings. The minimum Gasteiger partial charge on any atom is -0.334 e. The number of halogens is 1. The first kappa shape index (κ1) is 16.0. The van der Waals surface area contributed by atoms with Crippen LogP contribution >= 0.6 is 22.9 Å². The highest BCUT2D eigenvalue weighted by molar-refractivity contribution is 7.09. The Morgan fingerprint density at radius 1 is 1.35 bits per heavy atom. The van der Waals surface area contributed by atoms with Crippen molar-refractivity contribution in [2.45, 2.75) is 24.9 Å². The molecule has 6 rings (SSSR count). The molecule has 0 aliphatic carbocycles. The molecule has 2 atom stereocenters. The SMILES string of the molecule is O=C(Nc1cscc1Cl)c1ccc2cnc(N3C[C@@H]4CC[C@H]3CN4)nn12. The van der Waals surface area contributed by atoms with Crippen molar-refractivity contribution in [1.82, 2.24) is 19.9 Å². The third-order valence-electron chi connectivity index (χ3n) is 5.09. The van der Waals surface area contributed by atoms with Gasteiger partial charge < -0.3 is 15.5 Å². The van der Waals surface area contributed by atoms with Gasteiger partial charge in [-0.2, -0.15) is 0 Å². The lowest BCUT2D eigenvalue weighted by Gasteiger charge is -2.45. The molecular weight excluding hydrogens is 372 g/mol. The summed E-state index contributed by atoms with van der Waals surface area (Å²) < 4.78 is 1.66. The number of anilines is 2. The van der Waals surface area contributed by atoms with E-state index in [-0.39, 0.29) is 5.91 Å². The van der Waals surface area contributed by atoms with Crippen molar-refractivity contribution in [2.24, 2.45) is 0 Å². The Balaban J connectivity index is 1.47. The molecule has 3 aliphatic heterocycles. The highest BCUT2D eigenvalue weighted by atomic mass is 35.5. The summed E-state index contributed by atoms with van der Waals surface area (Å²) in [6.07, 6.45) is 4.11. The molecule has 3 aromatic heterocycles. The van der Waals surface area contributed by atoms with Gasteiger partial charge in [0.15, 0.2) is 0 Å². The number of rotatable bonds is 3. The molecule has 0 spiro atoms. The number of nitrogens with one attached hydrogen (secondary N) is 2. The summed E-state index contributed by atoms with van der Waals surface area (Å²) in [6, 6.07) is 4.51. The second-order valence-corrected chi connectivity index (χ2v) is 7.84. The van der Waals surface area contributed by atoms with Gasteiger partial charge in [-0.3, -0.25) is 4.79 Å². The number of piperazine rings is 1. The summed E-state index contributed by atoms with van der Waals surface area (Å²) in [7, 11) is 0. The summed E-state index contributed by atoms with van der Waals surface area (Å²) >= 11 is 7.52. The van der Waals surface area contributed by atoms with Crippen molar-refractivity contribution < 1.29 is 4.79 Å². The van der Waals surface area contributed by atoms with Gasteiger partial charge in [-0.05, 0) is 25.0 Å². The fourth-order valence-electron chi connectivity index (χ4n) is 3.71. The average molecular weight is 389 g/mol. The molecule has 0 unspecified atom stereocenters. The lowest BCUT2D eigenvalue weighted by molar-refractivity contribution is 0.102. The minimum absolute atomic E-state index is 0.239. The Labute approximate surface area is 159 Å². The third kappa shape index (κ3) is 2.65. The number of hydrogen-bond acceptors (Lipinski definition) is 6. The highest BCUT2D eigenvalue weighted by Gasteiger charge is 2.35. The number of piperidine rings is 2. The van der Waals surface area contributed by atoms with Crippen LogP contribution in [0.5, 0.6) is 0 Å². The van der Waals surface area contributed by atoms with E-state index in [1.807, 2.05) is 11.4 Å². The van der Waals surface area contributed by atoms with Gasteiger partial charge in [0.1, 0.15) is 5.69 Å². The van der Waals surface area contributed by atoms with Crippen LogP contribution in [0.25, 0.3) is 5.52 Å². The van der Waals surface area contributed by atoms with Gasteiger partial charge in [-0.1, -0.05) is 11.6 Å². The van der Waals surface area contributed by atoms with Crippen LogP contribution in [0.4, 0.5) is 11.6 Å². The maximum absolute atomic E-state index is 12.7. The molecule has 2 bridgehead atoms. The summed E-state index contributed by atoms with van der Waals surface area (Å²) in [5.41, 5.74) is 1.87. The molecule has 3 aromatic rings. The Morgan fingerprint density at radius 3 is 2.96 bits per heavy atom. The number of fused-ring (bicyclic) bond motifs is 4. The number of carbonyl (C=O) groups is 1. The standard InChI is InChI=1S/C17H17ClN6OS/c18-13-8-26-9-14(13)21-16(25)15-4-3-12-6-20-17(22-24(12)15)23-7-10-1-2-11(23)5-19-10/h3-4,6,8-11,19H,1-2,5,7H2,(H,21,25)/t10-,11-/m0/s1. The van der Waals surface area contributed by atoms with E-state index in [1.165, 1.54) is 17.8 Å². The lowest BCUT2D eigenvalue weighted by Crippen LogP contribution is -2.61. The Hall–Kier alpha value is -2.16. The van der Waals surface area contributed by atoms with Crippen molar-refractivity contribution in [3.63, 3.8) is 0 Å².